The Hall–Kier alpha value is -2.36. The Morgan fingerprint density at radius 2 is 1.91 bits per heavy atom. The molecule has 4 heteroatoms. The maximum Gasteiger partial charge on any atom is 0.326 e. The second kappa shape index (κ2) is 6.18. The molecule has 0 aliphatic carbocycles. The van der Waals surface area contributed by atoms with Crippen molar-refractivity contribution < 1.29 is 14.7 Å². The van der Waals surface area contributed by atoms with Gasteiger partial charge in [-0.3, -0.25) is 4.79 Å². The fourth-order valence-electron chi connectivity index (χ4n) is 3.17. The lowest BCUT2D eigenvalue weighted by atomic mass is 9.96. The third-order valence-electron chi connectivity index (χ3n) is 4.31. The molecular weight excluding hydrogens is 278 g/mol. The van der Waals surface area contributed by atoms with E-state index >= 15 is 0 Å². The van der Waals surface area contributed by atoms with E-state index in [1.165, 1.54) is 4.90 Å². The average molecular weight is 297 g/mol. The first-order valence-corrected chi connectivity index (χ1v) is 7.66. The number of benzene rings is 2. The van der Waals surface area contributed by atoms with Crippen LogP contribution < -0.4 is 0 Å². The number of nitrogens with zero attached hydrogens (tertiary/aromatic N) is 1. The summed E-state index contributed by atoms with van der Waals surface area (Å²) in [6, 6.07) is 13.1. The molecule has 2 aromatic carbocycles. The van der Waals surface area contributed by atoms with Crippen LogP contribution in [0.1, 0.15) is 24.8 Å². The van der Waals surface area contributed by atoms with E-state index in [0.717, 1.165) is 29.2 Å². The van der Waals surface area contributed by atoms with E-state index in [1.54, 1.807) is 0 Å². The number of carboxylic acids is 1. The van der Waals surface area contributed by atoms with Crippen molar-refractivity contribution in [3.8, 4) is 0 Å². The van der Waals surface area contributed by atoms with Crippen molar-refractivity contribution in [1.29, 1.82) is 0 Å². The van der Waals surface area contributed by atoms with Crippen LogP contribution in [0.4, 0.5) is 0 Å². The predicted molar refractivity (Wildman–Crippen MR) is 84.6 cm³/mol. The third kappa shape index (κ3) is 2.82. The zero-order chi connectivity index (χ0) is 15.5. The first-order valence-electron chi connectivity index (χ1n) is 7.66. The quantitative estimate of drug-likeness (QED) is 0.944. The summed E-state index contributed by atoms with van der Waals surface area (Å²) in [4.78, 5) is 25.3. The number of fused-ring (bicyclic) bond motifs is 1. The zero-order valence-corrected chi connectivity index (χ0v) is 12.4. The van der Waals surface area contributed by atoms with Gasteiger partial charge in [-0.05, 0) is 29.2 Å². The fourth-order valence-corrected chi connectivity index (χ4v) is 3.17. The van der Waals surface area contributed by atoms with Crippen molar-refractivity contribution in [2.45, 2.75) is 31.7 Å². The largest absolute Gasteiger partial charge is 0.480 e. The van der Waals surface area contributed by atoms with Gasteiger partial charge in [-0.25, -0.2) is 4.79 Å². The molecule has 1 saturated heterocycles. The Balaban J connectivity index is 1.93. The van der Waals surface area contributed by atoms with Crippen LogP contribution in [-0.2, 0) is 16.0 Å². The molecule has 3 rings (SSSR count). The van der Waals surface area contributed by atoms with Gasteiger partial charge in [0.25, 0.3) is 0 Å². The summed E-state index contributed by atoms with van der Waals surface area (Å²) in [6.07, 6.45) is 2.54. The summed E-state index contributed by atoms with van der Waals surface area (Å²) >= 11 is 0. The molecule has 0 aromatic heterocycles. The highest BCUT2D eigenvalue weighted by atomic mass is 16.4. The van der Waals surface area contributed by atoms with E-state index in [4.69, 9.17) is 0 Å². The molecule has 22 heavy (non-hydrogen) atoms. The molecule has 0 radical (unpaired) electrons. The number of hydrogen-bond acceptors (Lipinski definition) is 2. The Labute approximate surface area is 129 Å². The smallest absolute Gasteiger partial charge is 0.326 e. The van der Waals surface area contributed by atoms with Crippen molar-refractivity contribution in [2.24, 2.45) is 0 Å². The van der Waals surface area contributed by atoms with E-state index < -0.39 is 12.0 Å². The summed E-state index contributed by atoms with van der Waals surface area (Å²) in [5.74, 6) is -0.970. The normalized spacial score (nSPS) is 16.7. The summed E-state index contributed by atoms with van der Waals surface area (Å²) in [6.45, 7) is 0.542. The van der Waals surface area contributed by atoms with E-state index in [2.05, 4.69) is 0 Å². The van der Waals surface area contributed by atoms with Gasteiger partial charge in [0.05, 0.1) is 0 Å². The lowest BCUT2D eigenvalue weighted by molar-refractivity contribution is -0.151. The van der Waals surface area contributed by atoms with Crippen LogP contribution in [0.3, 0.4) is 0 Å². The summed E-state index contributed by atoms with van der Waals surface area (Å²) < 4.78 is 0. The lowest BCUT2D eigenvalue weighted by Crippen LogP contribution is -2.48. The molecule has 1 aliphatic rings. The number of aliphatic carboxylic acids is 1. The standard InChI is InChI=1S/C18H19NO3/c20-17-10-3-4-11-19(17)16(18(21)22)12-14-8-5-7-13-6-1-2-9-15(13)14/h1-2,5-9,16H,3-4,10-12H2,(H,21,22)/t16-/m1/s1. The molecule has 1 heterocycles. The molecule has 1 N–H and O–H groups in total. The molecule has 0 spiro atoms. The Bertz CT molecular complexity index is 705. The van der Waals surface area contributed by atoms with Crippen molar-refractivity contribution in [3.05, 3.63) is 48.0 Å². The molecule has 1 amide bonds. The number of carbonyl (C=O) groups excluding carboxylic acids is 1. The number of amides is 1. The predicted octanol–water partition coefficient (Wildman–Crippen LogP) is 2.85. The van der Waals surface area contributed by atoms with Gasteiger partial charge in [-0.15, -0.1) is 0 Å². The zero-order valence-electron chi connectivity index (χ0n) is 12.4. The van der Waals surface area contributed by atoms with Crippen molar-refractivity contribution >= 4 is 22.6 Å². The molecule has 0 unspecified atom stereocenters. The minimum absolute atomic E-state index is 0.0427. The van der Waals surface area contributed by atoms with Gasteiger partial charge in [-0.2, -0.15) is 0 Å². The van der Waals surface area contributed by atoms with Gasteiger partial charge in [-0.1, -0.05) is 42.5 Å². The second-order valence-electron chi connectivity index (χ2n) is 5.74. The van der Waals surface area contributed by atoms with Gasteiger partial charge in [0.15, 0.2) is 0 Å². The van der Waals surface area contributed by atoms with Crippen molar-refractivity contribution in [1.82, 2.24) is 4.90 Å². The van der Waals surface area contributed by atoms with Crippen LogP contribution in [0, 0.1) is 0 Å². The number of hydrogen-bond donors (Lipinski definition) is 1. The van der Waals surface area contributed by atoms with E-state index in [-0.39, 0.29) is 5.91 Å². The third-order valence-corrected chi connectivity index (χ3v) is 4.31. The fraction of sp³-hybridized carbons (Fsp3) is 0.333. The average Bonchev–Trinajstić information content (AvgIpc) is 2.53. The molecule has 1 aliphatic heterocycles. The molecule has 0 bridgehead atoms. The highest BCUT2D eigenvalue weighted by Gasteiger charge is 2.31. The van der Waals surface area contributed by atoms with Crippen LogP contribution in [-0.4, -0.2) is 34.5 Å². The van der Waals surface area contributed by atoms with Gasteiger partial charge >= 0.3 is 5.97 Å². The minimum Gasteiger partial charge on any atom is -0.480 e. The first-order chi connectivity index (χ1) is 10.7. The van der Waals surface area contributed by atoms with E-state index in [0.29, 0.717) is 19.4 Å². The molecule has 0 saturated carbocycles. The number of piperidine rings is 1. The van der Waals surface area contributed by atoms with Gasteiger partial charge in [0.2, 0.25) is 5.91 Å². The van der Waals surface area contributed by atoms with Crippen LogP contribution >= 0.6 is 0 Å². The van der Waals surface area contributed by atoms with Crippen molar-refractivity contribution in [3.63, 3.8) is 0 Å². The number of carboxylic acid groups (broad SMARTS) is 1. The van der Waals surface area contributed by atoms with Gasteiger partial charge in [0.1, 0.15) is 6.04 Å². The number of carbonyl (C=O) groups is 2. The highest BCUT2D eigenvalue weighted by Crippen LogP contribution is 2.23. The second-order valence-corrected chi connectivity index (χ2v) is 5.74. The SMILES string of the molecule is O=C(O)[C@@H](Cc1cccc2ccccc12)N1CCCCC1=O. The van der Waals surface area contributed by atoms with Gasteiger partial charge in [0, 0.05) is 19.4 Å². The molecular formula is C18H19NO3. The minimum atomic E-state index is -0.928. The molecule has 2 aromatic rings. The summed E-state index contributed by atoms with van der Waals surface area (Å²) in [5, 5.41) is 11.7. The van der Waals surface area contributed by atoms with Crippen LogP contribution in [0.2, 0.25) is 0 Å². The Morgan fingerprint density at radius 3 is 2.68 bits per heavy atom. The van der Waals surface area contributed by atoms with Crippen LogP contribution in [0.5, 0.6) is 0 Å². The van der Waals surface area contributed by atoms with E-state index in [9.17, 15) is 14.7 Å². The Kier molecular flexibility index (Phi) is 4.09. The molecule has 1 atom stereocenters. The molecule has 4 nitrogen and oxygen atoms in total. The van der Waals surface area contributed by atoms with E-state index in [1.807, 2.05) is 42.5 Å². The topological polar surface area (TPSA) is 57.6 Å². The molecule has 114 valence electrons. The van der Waals surface area contributed by atoms with Crippen molar-refractivity contribution in [2.75, 3.05) is 6.54 Å². The first kappa shape index (κ1) is 14.6. The Morgan fingerprint density at radius 1 is 1.14 bits per heavy atom. The molecule has 1 fully saturated rings. The maximum atomic E-state index is 12.1. The summed E-state index contributed by atoms with van der Waals surface area (Å²) in [5.41, 5.74) is 0.976. The van der Waals surface area contributed by atoms with Gasteiger partial charge < -0.3 is 10.0 Å². The van der Waals surface area contributed by atoms with Crippen LogP contribution in [0.25, 0.3) is 10.8 Å². The van der Waals surface area contributed by atoms with Crippen LogP contribution in [0.15, 0.2) is 42.5 Å². The highest BCUT2D eigenvalue weighted by molar-refractivity contribution is 5.88. The lowest BCUT2D eigenvalue weighted by Gasteiger charge is -2.32. The monoisotopic (exact) mass is 297 g/mol. The summed E-state index contributed by atoms with van der Waals surface area (Å²) in [7, 11) is 0. The number of rotatable bonds is 4. The maximum absolute atomic E-state index is 12.1. The number of likely N-dealkylation sites (tertiary alicyclic amines) is 1.